The Bertz CT molecular complexity index is 1200. The van der Waals surface area contributed by atoms with Crippen LogP contribution in [0, 0.1) is 0 Å². The van der Waals surface area contributed by atoms with Crippen LogP contribution in [0.3, 0.4) is 0 Å². The van der Waals surface area contributed by atoms with Gasteiger partial charge in [-0.25, -0.2) is 4.98 Å². The number of anilines is 2. The summed E-state index contributed by atoms with van der Waals surface area (Å²) in [5.74, 6) is 0.727. The molecule has 2 aromatic heterocycles. The number of thiazole rings is 1. The maximum Gasteiger partial charge on any atom is 0.275 e. The molecule has 2 aromatic carbocycles. The van der Waals surface area contributed by atoms with Crippen LogP contribution in [0.5, 0.6) is 0 Å². The Morgan fingerprint density at radius 3 is 2.27 bits per heavy atom. The molecule has 1 N–H and O–H groups in total. The lowest BCUT2D eigenvalue weighted by Gasteiger charge is -2.20. The molecule has 1 saturated heterocycles. The van der Waals surface area contributed by atoms with Crippen LogP contribution in [-0.2, 0) is 0 Å². The maximum absolute atomic E-state index is 12.6. The number of benzene rings is 2. The number of carbonyl (C=O) groups excluding carboxylic acids is 1. The Hall–Kier alpha value is -3.58. The smallest absolute Gasteiger partial charge is 0.275 e. The van der Waals surface area contributed by atoms with Gasteiger partial charge in [-0.3, -0.25) is 4.79 Å². The van der Waals surface area contributed by atoms with Gasteiger partial charge in [0.1, 0.15) is 10.7 Å². The van der Waals surface area contributed by atoms with Crippen molar-refractivity contribution >= 4 is 28.7 Å². The Balaban J connectivity index is 1.23. The molecule has 5 rings (SSSR count). The molecular weight excluding hydrogens is 430 g/mol. The molecule has 0 bridgehead atoms. The molecule has 1 aliphatic rings. The molecule has 3 heterocycles. The largest absolute Gasteiger partial charge is 0.355 e. The lowest BCUT2D eigenvalue weighted by Crippen LogP contribution is -2.25. The van der Waals surface area contributed by atoms with Crippen molar-refractivity contribution in [3.05, 3.63) is 77.8 Å². The van der Waals surface area contributed by atoms with E-state index in [1.54, 1.807) is 5.38 Å². The van der Waals surface area contributed by atoms with Gasteiger partial charge < -0.3 is 10.2 Å². The maximum atomic E-state index is 12.6. The zero-order chi connectivity index (χ0) is 22.5. The number of hydrogen-bond acceptors (Lipinski definition) is 6. The summed E-state index contributed by atoms with van der Waals surface area (Å²) < 4.78 is 0. The van der Waals surface area contributed by atoms with E-state index < -0.39 is 0 Å². The number of aromatic nitrogens is 3. The Kier molecular flexibility index (Phi) is 6.39. The number of nitrogens with one attached hydrogen (secondary N) is 1. The first-order chi connectivity index (χ1) is 16.3. The highest BCUT2D eigenvalue weighted by Gasteiger charge is 2.14. The van der Waals surface area contributed by atoms with Crippen molar-refractivity contribution in [1.29, 1.82) is 0 Å². The first-order valence-electron chi connectivity index (χ1n) is 11.3. The standard InChI is InChI=1S/C26H25N5OS/c32-25(23-18-33-26(28-23)20-8-4-3-5-9-20)27-21-12-10-19(11-13-21)22-14-15-24(30-29-22)31-16-6-1-2-7-17-31/h3-5,8-15,18H,1-2,6-7,16-17H2,(H,27,32). The molecule has 1 fully saturated rings. The lowest BCUT2D eigenvalue weighted by molar-refractivity contribution is 0.102. The van der Waals surface area contributed by atoms with Crippen molar-refractivity contribution in [3.63, 3.8) is 0 Å². The summed E-state index contributed by atoms with van der Waals surface area (Å²) in [6.45, 7) is 2.10. The van der Waals surface area contributed by atoms with Gasteiger partial charge in [-0.2, -0.15) is 0 Å². The topological polar surface area (TPSA) is 71.0 Å². The van der Waals surface area contributed by atoms with Crippen LogP contribution in [0.1, 0.15) is 36.2 Å². The van der Waals surface area contributed by atoms with Gasteiger partial charge in [-0.15, -0.1) is 21.5 Å². The Labute approximate surface area is 197 Å². The zero-order valence-electron chi connectivity index (χ0n) is 18.3. The minimum absolute atomic E-state index is 0.220. The van der Waals surface area contributed by atoms with E-state index in [1.165, 1.54) is 37.0 Å². The fraction of sp³-hybridized carbons (Fsp3) is 0.231. The van der Waals surface area contributed by atoms with Crippen molar-refractivity contribution in [3.8, 4) is 21.8 Å². The van der Waals surface area contributed by atoms with Crippen LogP contribution in [0.4, 0.5) is 11.5 Å². The first kappa shape index (κ1) is 21.3. The monoisotopic (exact) mass is 455 g/mol. The highest BCUT2D eigenvalue weighted by Crippen LogP contribution is 2.25. The third-order valence-electron chi connectivity index (χ3n) is 5.78. The second-order valence-electron chi connectivity index (χ2n) is 8.11. The number of carbonyl (C=O) groups is 1. The van der Waals surface area contributed by atoms with Gasteiger partial charge in [-0.1, -0.05) is 55.3 Å². The second-order valence-corrected chi connectivity index (χ2v) is 8.97. The van der Waals surface area contributed by atoms with E-state index in [-0.39, 0.29) is 5.91 Å². The highest BCUT2D eigenvalue weighted by atomic mass is 32.1. The van der Waals surface area contributed by atoms with Gasteiger partial charge in [0.05, 0.1) is 5.69 Å². The van der Waals surface area contributed by atoms with E-state index in [0.29, 0.717) is 11.4 Å². The summed E-state index contributed by atoms with van der Waals surface area (Å²) in [6, 6.07) is 21.6. The second kappa shape index (κ2) is 9.92. The van der Waals surface area contributed by atoms with Crippen LogP contribution in [0.25, 0.3) is 21.8 Å². The van der Waals surface area contributed by atoms with Crippen LogP contribution in [0.2, 0.25) is 0 Å². The molecule has 1 amide bonds. The minimum Gasteiger partial charge on any atom is -0.355 e. The molecule has 0 saturated carbocycles. The Morgan fingerprint density at radius 2 is 1.58 bits per heavy atom. The van der Waals surface area contributed by atoms with Crippen LogP contribution in [0.15, 0.2) is 72.1 Å². The van der Waals surface area contributed by atoms with Crippen LogP contribution < -0.4 is 10.2 Å². The predicted molar refractivity (Wildman–Crippen MR) is 134 cm³/mol. The zero-order valence-corrected chi connectivity index (χ0v) is 19.1. The van der Waals surface area contributed by atoms with Gasteiger partial charge in [-0.05, 0) is 37.1 Å². The molecule has 0 spiro atoms. The summed E-state index contributed by atoms with van der Waals surface area (Å²) in [5, 5.41) is 14.4. The number of amides is 1. The molecule has 6 nitrogen and oxygen atoms in total. The lowest BCUT2D eigenvalue weighted by atomic mass is 10.1. The molecule has 166 valence electrons. The van der Waals surface area contributed by atoms with Crippen molar-refractivity contribution in [2.24, 2.45) is 0 Å². The molecule has 4 aromatic rings. The van der Waals surface area contributed by atoms with Crippen molar-refractivity contribution in [1.82, 2.24) is 15.2 Å². The van der Waals surface area contributed by atoms with E-state index in [9.17, 15) is 4.79 Å². The summed E-state index contributed by atoms with van der Waals surface area (Å²) in [4.78, 5) is 19.4. The number of rotatable bonds is 5. The third-order valence-corrected chi connectivity index (χ3v) is 6.67. The molecular formula is C26H25N5OS. The minimum atomic E-state index is -0.220. The fourth-order valence-electron chi connectivity index (χ4n) is 3.96. The van der Waals surface area contributed by atoms with Crippen molar-refractivity contribution < 1.29 is 4.79 Å². The van der Waals surface area contributed by atoms with E-state index in [2.05, 4.69) is 31.5 Å². The van der Waals surface area contributed by atoms with Crippen molar-refractivity contribution in [2.75, 3.05) is 23.3 Å². The van der Waals surface area contributed by atoms with Crippen molar-refractivity contribution in [2.45, 2.75) is 25.7 Å². The predicted octanol–water partition coefficient (Wildman–Crippen LogP) is 5.90. The molecule has 0 radical (unpaired) electrons. The van der Waals surface area contributed by atoms with E-state index >= 15 is 0 Å². The molecule has 0 atom stereocenters. The van der Waals surface area contributed by atoms with Gasteiger partial charge in [0.15, 0.2) is 5.82 Å². The quantitative estimate of drug-likeness (QED) is 0.406. The number of nitrogens with zero attached hydrogens (tertiary/aromatic N) is 4. The molecule has 0 aliphatic carbocycles. The average Bonchev–Trinajstić information content (AvgIpc) is 3.21. The van der Waals surface area contributed by atoms with Gasteiger partial charge in [0.25, 0.3) is 5.91 Å². The molecule has 33 heavy (non-hydrogen) atoms. The van der Waals surface area contributed by atoms with Gasteiger partial charge in [0.2, 0.25) is 0 Å². The molecule has 0 unspecified atom stereocenters. The molecule has 7 heteroatoms. The first-order valence-corrected chi connectivity index (χ1v) is 12.2. The highest BCUT2D eigenvalue weighted by molar-refractivity contribution is 7.13. The van der Waals surface area contributed by atoms with Gasteiger partial charge in [0, 0.05) is 35.3 Å². The average molecular weight is 456 g/mol. The summed E-state index contributed by atoms with van der Waals surface area (Å²) in [7, 11) is 0. The number of hydrogen-bond donors (Lipinski definition) is 1. The van der Waals surface area contributed by atoms with Gasteiger partial charge >= 0.3 is 0 Å². The third kappa shape index (κ3) is 5.09. The summed E-state index contributed by atoms with van der Waals surface area (Å²) in [5.41, 5.74) is 3.92. The normalized spacial score (nSPS) is 14.0. The van der Waals surface area contributed by atoms with Crippen LogP contribution >= 0.6 is 11.3 Å². The SMILES string of the molecule is O=C(Nc1ccc(-c2ccc(N3CCCCCC3)nn2)cc1)c1csc(-c2ccccc2)n1. The fourth-order valence-corrected chi connectivity index (χ4v) is 4.76. The molecule has 1 aliphatic heterocycles. The van der Waals surface area contributed by atoms with E-state index in [1.807, 2.05) is 60.7 Å². The summed E-state index contributed by atoms with van der Waals surface area (Å²) in [6.07, 6.45) is 5.01. The summed E-state index contributed by atoms with van der Waals surface area (Å²) >= 11 is 1.46. The van der Waals surface area contributed by atoms with E-state index in [0.717, 1.165) is 40.7 Å². The Morgan fingerprint density at radius 1 is 0.818 bits per heavy atom. The van der Waals surface area contributed by atoms with Crippen LogP contribution in [-0.4, -0.2) is 34.2 Å². The van der Waals surface area contributed by atoms with E-state index in [4.69, 9.17) is 0 Å².